The third-order valence-electron chi connectivity index (χ3n) is 7.65. The second-order valence-electron chi connectivity index (χ2n) is 10.4. The van der Waals surface area contributed by atoms with E-state index in [-0.39, 0.29) is 24.8 Å². The minimum Gasteiger partial charge on any atom is -1.00 e. The van der Waals surface area contributed by atoms with Crippen molar-refractivity contribution < 1.29 is 45.2 Å². The Morgan fingerprint density at radius 2 is 0.750 bits per heavy atom. The number of benzene rings is 2. The molecule has 0 aromatic heterocycles. The molecule has 0 saturated carbocycles. The van der Waals surface area contributed by atoms with Crippen molar-refractivity contribution in [2.24, 2.45) is 0 Å². The Morgan fingerprint density at radius 1 is 0.425 bits per heavy atom. The van der Waals surface area contributed by atoms with Gasteiger partial charge in [0, 0.05) is 0 Å². The van der Waals surface area contributed by atoms with Crippen molar-refractivity contribution in [3.63, 3.8) is 0 Å². The summed E-state index contributed by atoms with van der Waals surface area (Å²) in [7, 11) is 0. The van der Waals surface area contributed by atoms with Gasteiger partial charge in [0.1, 0.15) is 0 Å². The summed E-state index contributed by atoms with van der Waals surface area (Å²) in [5, 5.41) is 0. The Hall–Kier alpha value is -2.48. The minimum absolute atomic E-state index is 0. The van der Waals surface area contributed by atoms with Gasteiger partial charge in [0.2, 0.25) is 0 Å². The summed E-state index contributed by atoms with van der Waals surface area (Å²) in [4.78, 5) is 0. The number of halogens is 2. The van der Waals surface area contributed by atoms with Crippen LogP contribution in [0.3, 0.4) is 0 Å². The molecule has 0 amide bonds. The van der Waals surface area contributed by atoms with E-state index in [0.29, 0.717) is 0 Å². The number of aryl methyl sites for hydroxylation is 2. The zero-order chi connectivity index (χ0) is 26.2. The summed E-state index contributed by atoms with van der Waals surface area (Å²) < 4.78 is 3.41. The van der Waals surface area contributed by atoms with Crippen LogP contribution >= 0.6 is 0 Å². The van der Waals surface area contributed by atoms with Crippen LogP contribution in [-0.4, -0.2) is 5.43 Å². The van der Waals surface area contributed by atoms with E-state index in [0.717, 1.165) is 0 Å². The van der Waals surface area contributed by atoms with Crippen LogP contribution in [0.25, 0.3) is 44.5 Å². The maximum atomic E-state index is 2.57. The molecule has 0 bridgehead atoms. The van der Waals surface area contributed by atoms with Crippen molar-refractivity contribution in [2.75, 3.05) is 0 Å². The molecular formula is C36H32Cl2SiZr. The van der Waals surface area contributed by atoms with Gasteiger partial charge in [-0.15, -0.1) is 0 Å². The average molecular weight is 655 g/mol. The molecule has 0 saturated heterocycles. The first-order valence-corrected chi connectivity index (χ1v) is 22.0. The molecule has 0 atom stereocenters. The molecule has 2 aromatic rings. The van der Waals surface area contributed by atoms with Crippen LogP contribution in [-0.2, 0) is 20.4 Å². The van der Waals surface area contributed by atoms with Gasteiger partial charge < -0.3 is 24.8 Å². The van der Waals surface area contributed by atoms with Crippen LogP contribution < -0.4 is 31.4 Å². The smallest absolute Gasteiger partial charge is 1.00 e. The standard InChI is InChI=1S/2C17H13.C2H6Si.2ClH.Zr/c2*1-13-11-15-9-5-6-10-16(17(15)12-13)14-7-3-2-4-8-14;1-3-2;;;/h2*2-10,12H,1H3;1-2H3;2*1H;/q;;;;;+2/p-2. The third kappa shape index (κ3) is 5.53. The van der Waals surface area contributed by atoms with Gasteiger partial charge in [-0.2, -0.15) is 0 Å². The van der Waals surface area contributed by atoms with Gasteiger partial charge in [-0.05, 0) is 0 Å². The van der Waals surface area contributed by atoms with Gasteiger partial charge in [-0.1, -0.05) is 0 Å². The van der Waals surface area contributed by atoms with Gasteiger partial charge in [-0.25, -0.2) is 0 Å². The Morgan fingerprint density at radius 3 is 1.10 bits per heavy atom. The maximum absolute atomic E-state index is 2.57. The fourth-order valence-electron chi connectivity index (χ4n) is 6.03. The molecule has 0 heterocycles. The van der Waals surface area contributed by atoms with Gasteiger partial charge in [-0.3, -0.25) is 0 Å². The number of rotatable bonds is 4. The zero-order valence-electron chi connectivity index (χ0n) is 23.3. The Kier molecular flexibility index (Phi) is 9.91. The molecular weight excluding hydrogens is 623 g/mol. The molecule has 0 spiro atoms. The van der Waals surface area contributed by atoms with E-state index >= 15 is 0 Å². The molecule has 0 nitrogen and oxygen atoms in total. The van der Waals surface area contributed by atoms with Crippen molar-refractivity contribution in [1.29, 1.82) is 0 Å². The van der Waals surface area contributed by atoms with Crippen LogP contribution in [0.5, 0.6) is 0 Å². The number of hydrogen-bond acceptors (Lipinski definition) is 0. The SMILES string of the molecule is Cc1cc2c(-c3ccccc3)ccccc-2[c]1[Zr+2]([c]1c(C)cc2c(-c3ccccc3)ccccc1-2)=[Si](C)C.[Cl-].[Cl-]. The molecule has 40 heavy (non-hydrogen) atoms. The van der Waals surface area contributed by atoms with E-state index < -0.39 is 25.8 Å². The van der Waals surface area contributed by atoms with Gasteiger partial charge in [0.05, 0.1) is 0 Å². The molecule has 4 aliphatic carbocycles. The van der Waals surface area contributed by atoms with Crippen molar-refractivity contribution in [3.05, 3.63) is 132 Å². The number of hydrogen-bond donors (Lipinski definition) is 0. The van der Waals surface area contributed by atoms with Crippen LogP contribution in [0.15, 0.2) is 121 Å². The first-order chi connectivity index (χ1) is 18.5. The van der Waals surface area contributed by atoms with Gasteiger partial charge in [0.15, 0.2) is 0 Å². The molecule has 4 heteroatoms. The van der Waals surface area contributed by atoms with E-state index in [1.807, 2.05) is 0 Å². The molecule has 2 aromatic carbocycles. The predicted octanol–water partition coefficient (Wildman–Crippen LogP) is 2.68. The monoisotopic (exact) mass is 652 g/mol. The van der Waals surface area contributed by atoms with Crippen LogP contribution in [0.1, 0.15) is 11.1 Å². The normalized spacial score (nSPS) is 10.4. The Labute approximate surface area is 259 Å². The van der Waals surface area contributed by atoms with Gasteiger partial charge in [0.25, 0.3) is 0 Å². The van der Waals surface area contributed by atoms with Crippen LogP contribution in [0.2, 0.25) is 13.1 Å². The van der Waals surface area contributed by atoms with Crippen molar-refractivity contribution in [3.8, 4) is 44.5 Å². The zero-order valence-corrected chi connectivity index (χ0v) is 28.3. The summed E-state index contributed by atoms with van der Waals surface area (Å²) >= 11 is -2.29. The second-order valence-corrected chi connectivity index (χ2v) is 27.1. The third-order valence-corrected chi connectivity index (χ3v) is 24.7. The topological polar surface area (TPSA) is 0 Å². The van der Waals surface area contributed by atoms with E-state index in [9.17, 15) is 0 Å². The summed E-state index contributed by atoms with van der Waals surface area (Å²) in [5.74, 6) is 0. The number of fused-ring (bicyclic) bond motifs is 2. The molecule has 6 rings (SSSR count). The maximum Gasteiger partial charge on any atom is -1.00 e. The molecule has 0 unspecified atom stereocenters. The molecule has 198 valence electrons. The summed E-state index contributed by atoms with van der Waals surface area (Å²) in [6.45, 7) is 9.87. The van der Waals surface area contributed by atoms with Crippen molar-refractivity contribution in [1.82, 2.24) is 0 Å². The van der Waals surface area contributed by atoms with E-state index in [2.05, 4.69) is 148 Å². The summed E-state index contributed by atoms with van der Waals surface area (Å²) in [6, 6.07) is 45.0. The Bertz CT molecular complexity index is 1610. The van der Waals surface area contributed by atoms with Crippen molar-refractivity contribution in [2.45, 2.75) is 26.9 Å². The largest absolute Gasteiger partial charge is 1.00 e. The van der Waals surface area contributed by atoms with E-state index in [4.69, 9.17) is 0 Å². The molecule has 0 fully saturated rings. The Balaban J connectivity index is 0.00000185. The summed E-state index contributed by atoms with van der Waals surface area (Å²) in [6.07, 6.45) is 0. The van der Waals surface area contributed by atoms with Gasteiger partial charge >= 0.3 is 236 Å². The second kappa shape index (κ2) is 13.0. The minimum atomic E-state index is -2.29. The first-order valence-electron chi connectivity index (χ1n) is 13.4. The van der Waals surface area contributed by atoms with E-state index in [1.165, 1.54) is 55.6 Å². The first kappa shape index (κ1) is 30.5. The van der Waals surface area contributed by atoms with Crippen molar-refractivity contribution >= 4 is 12.0 Å². The molecule has 0 aliphatic heterocycles. The fourth-order valence-corrected chi connectivity index (χ4v) is 23.6. The summed E-state index contributed by atoms with van der Waals surface area (Å²) in [5.41, 5.74) is 13.5. The van der Waals surface area contributed by atoms with E-state index in [1.54, 1.807) is 6.54 Å². The molecule has 4 aliphatic rings. The predicted molar refractivity (Wildman–Crippen MR) is 163 cm³/mol. The quantitative estimate of drug-likeness (QED) is 0.257. The average Bonchev–Trinajstić information content (AvgIpc) is 3.21. The van der Waals surface area contributed by atoms with Crippen LogP contribution in [0.4, 0.5) is 0 Å². The molecule has 0 radical (unpaired) electrons. The molecule has 0 N–H and O–H groups in total. The fraction of sp³-hybridized carbons (Fsp3) is 0.111. The van der Waals surface area contributed by atoms with Crippen LogP contribution in [0, 0.1) is 13.8 Å².